The molecule has 2 atom stereocenters. The van der Waals surface area contributed by atoms with Gasteiger partial charge in [0.15, 0.2) is 0 Å². The summed E-state index contributed by atoms with van der Waals surface area (Å²) in [7, 11) is 1.73. The molecular weight excluding hydrogens is 276 g/mol. The van der Waals surface area contributed by atoms with E-state index in [1.54, 1.807) is 7.11 Å². The van der Waals surface area contributed by atoms with Gasteiger partial charge in [0.2, 0.25) is 0 Å². The molecule has 1 N–H and O–H groups in total. The van der Waals surface area contributed by atoms with Crippen LogP contribution in [0.2, 0.25) is 0 Å². The van der Waals surface area contributed by atoms with Gasteiger partial charge in [0.05, 0.1) is 6.61 Å². The lowest BCUT2D eigenvalue weighted by Gasteiger charge is -2.21. The zero-order valence-corrected chi connectivity index (χ0v) is 13.4. The first-order valence-corrected chi connectivity index (χ1v) is 8.43. The Bertz CT molecular complexity index is 494. The van der Waals surface area contributed by atoms with E-state index in [2.05, 4.69) is 22.3 Å². The maximum Gasteiger partial charge on any atom is 0.251 e. The van der Waals surface area contributed by atoms with Crippen LogP contribution in [-0.4, -0.2) is 38.8 Å². The summed E-state index contributed by atoms with van der Waals surface area (Å²) in [6, 6.07) is 8.29. The summed E-state index contributed by atoms with van der Waals surface area (Å²) in [6.45, 7) is 3.00. The molecule has 0 spiro atoms. The van der Waals surface area contributed by atoms with Crippen LogP contribution in [-0.2, 0) is 4.74 Å². The van der Waals surface area contributed by atoms with E-state index >= 15 is 0 Å². The largest absolute Gasteiger partial charge is 0.384 e. The third kappa shape index (κ3) is 3.43. The standard InChI is InChI=1S/C18H26N2O2/c1-22-13-15-5-4-6-17(15)19-18(21)14-7-9-16(10-8-14)20-11-2-3-12-20/h7-10,15,17H,2-6,11-13H2,1H3,(H,19,21)/t15-,17-/m0/s1. The summed E-state index contributed by atoms with van der Waals surface area (Å²) in [6.07, 6.45) is 5.92. The fourth-order valence-electron chi connectivity index (χ4n) is 3.69. The Balaban J connectivity index is 1.59. The van der Waals surface area contributed by atoms with Crippen LogP contribution in [0.5, 0.6) is 0 Å². The summed E-state index contributed by atoms with van der Waals surface area (Å²) in [5.74, 6) is 0.499. The third-order valence-electron chi connectivity index (χ3n) is 4.96. The summed E-state index contributed by atoms with van der Waals surface area (Å²) in [5.41, 5.74) is 1.98. The molecule has 0 radical (unpaired) electrons. The van der Waals surface area contributed by atoms with E-state index in [0.717, 1.165) is 38.1 Å². The van der Waals surface area contributed by atoms with Gasteiger partial charge in [0.1, 0.15) is 0 Å². The number of carbonyl (C=O) groups excluding carboxylic acids is 1. The quantitative estimate of drug-likeness (QED) is 0.909. The Morgan fingerprint density at radius 2 is 1.91 bits per heavy atom. The second-order valence-electron chi connectivity index (χ2n) is 6.47. The summed E-state index contributed by atoms with van der Waals surface area (Å²) in [4.78, 5) is 14.8. The highest BCUT2D eigenvalue weighted by Gasteiger charge is 2.28. The molecule has 120 valence electrons. The van der Waals surface area contributed by atoms with E-state index < -0.39 is 0 Å². The number of carbonyl (C=O) groups is 1. The van der Waals surface area contributed by atoms with Gasteiger partial charge in [-0.25, -0.2) is 0 Å². The molecule has 1 amide bonds. The van der Waals surface area contributed by atoms with Crippen molar-refractivity contribution >= 4 is 11.6 Å². The van der Waals surface area contributed by atoms with Crippen LogP contribution < -0.4 is 10.2 Å². The van der Waals surface area contributed by atoms with Gasteiger partial charge in [-0.05, 0) is 49.9 Å². The molecule has 1 aliphatic carbocycles. The summed E-state index contributed by atoms with van der Waals surface area (Å²) in [5, 5.41) is 3.19. The van der Waals surface area contributed by atoms with Crippen molar-refractivity contribution in [3.63, 3.8) is 0 Å². The van der Waals surface area contributed by atoms with Gasteiger partial charge in [-0.15, -0.1) is 0 Å². The molecule has 2 aliphatic rings. The first-order valence-electron chi connectivity index (χ1n) is 8.43. The van der Waals surface area contributed by atoms with Crippen molar-refractivity contribution in [2.45, 2.75) is 38.1 Å². The van der Waals surface area contributed by atoms with Crippen LogP contribution in [0, 0.1) is 5.92 Å². The maximum absolute atomic E-state index is 12.4. The minimum Gasteiger partial charge on any atom is -0.384 e. The van der Waals surface area contributed by atoms with Crippen molar-refractivity contribution in [3.8, 4) is 0 Å². The SMILES string of the molecule is COC[C@@H]1CCC[C@@H]1NC(=O)c1ccc(N2CCCC2)cc1. The van der Waals surface area contributed by atoms with Gasteiger partial charge in [-0.2, -0.15) is 0 Å². The predicted molar refractivity (Wildman–Crippen MR) is 88.4 cm³/mol. The maximum atomic E-state index is 12.4. The molecular formula is C18H26N2O2. The van der Waals surface area contributed by atoms with Gasteiger partial charge >= 0.3 is 0 Å². The minimum absolute atomic E-state index is 0.0426. The fourth-order valence-corrected chi connectivity index (χ4v) is 3.69. The van der Waals surface area contributed by atoms with Crippen molar-refractivity contribution in [2.24, 2.45) is 5.92 Å². The number of hydrogen-bond donors (Lipinski definition) is 1. The number of ether oxygens (including phenoxy) is 1. The number of rotatable bonds is 5. The average Bonchev–Trinajstić information content (AvgIpc) is 3.20. The minimum atomic E-state index is 0.0426. The van der Waals surface area contributed by atoms with Crippen LogP contribution in [0.1, 0.15) is 42.5 Å². The van der Waals surface area contributed by atoms with E-state index in [1.807, 2.05) is 12.1 Å². The van der Waals surface area contributed by atoms with Crippen LogP contribution in [0.3, 0.4) is 0 Å². The topological polar surface area (TPSA) is 41.6 Å². The van der Waals surface area contributed by atoms with E-state index in [4.69, 9.17) is 4.74 Å². The predicted octanol–water partition coefficient (Wildman–Crippen LogP) is 2.83. The average molecular weight is 302 g/mol. The highest BCUT2D eigenvalue weighted by molar-refractivity contribution is 5.94. The Morgan fingerprint density at radius 1 is 1.18 bits per heavy atom. The molecule has 2 fully saturated rings. The monoisotopic (exact) mass is 302 g/mol. The molecule has 1 aromatic carbocycles. The molecule has 0 aromatic heterocycles. The van der Waals surface area contributed by atoms with E-state index in [9.17, 15) is 4.79 Å². The summed E-state index contributed by atoms with van der Waals surface area (Å²) >= 11 is 0. The van der Waals surface area contributed by atoms with Crippen LogP contribution in [0.25, 0.3) is 0 Å². The second-order valence-corrected chi connectivity index (χ2v) is 6.47. The second kappa shape index (κ2) is 7.14. The Kier molecular flexibility index (Phi) is 4.98. The van der Waals surface area contributed by atoms with Gasteiger partial charge in [0.25, 0.3) is 5.91 Å². The Morgan fingerprint density at radius 3 is 2.59 bits per heavy atom. The van der Waals surface area contributed by atoms with Crippen LogP contribution >= 0.6 is 0 Å². The molecule has 0 bridgehead atoms. The molecule has 4 nitrogen and oxygen atoms in total. The Hall–Kier alpha value is -1.55. The van der Waals surface area contributed by atoms with Gasteiger partial charge in [-0.1, -0.05) is 6.42 Å². The smallest absolute Gasteiger partial charge is 0.251 e. The molecule has 1 aromatic rings. The van der Waals surface area contributed by atoms with Gasteiger partial charge in [-0.3, -0.25) is 4.79 Å². The van der Waals surface area contributed by atoms with E-state index in [1.165, 1.54) is 24.9 Å². The number of anilines is 1. The number of benzene rings is 1. The van der Waals surface area contributed by atoms with Gasteiger partial charge < -0.3 is 15.0 Å². The van der Waals surface area contributed by atoms with Crippen LogP contribution in [0.4, 0.5) is 5.69 Å². The fraction of sp³-hybridized carbons (Fsp3) is 0.611. The van der Waals surface area contributed by atoms with Crippen molar-refractivity contribution in [1.82, 2.24) is 5.32 Å². The summed E-state index contributed by atoms with van der Waals surface area (Å²) < 4.78 is 5.26. The lowest BCUT2D eigenvalue weighted by atomic mass is 10.0. The number of nitrogens with one attached hydrogen (secondary N) is 1. The lowest BCUT2D eigenvalue weighted by molar-refractivity contribution is 0.0898. The molecule has 22 heavy (non-hydrogen) atoms. The lowest BCUT2D eigenvalue weighted by Crippen LogP contribution is -2.38. The van der Waals surface area contributed by atoms with Gasteiger partial charge in [0, 0.05) is 43.4 Å². The number of amides is 1. The van der Waals surface area contributed by atoms with Crippen LogP contribution in [0.15, 0.2) is 24.3 Å². The number of methoxy groups -OCH3 is 1. The first-order chi connectivity index (χ1) is 10.8. The molecule has 0 unspecified atom stereocenters. The Labute approximate surface area is 132 Å². The highest BCUT2D eigenvalue weighted by atomic mass is 16.5. The number of nitrogens with zero attached hydrogens (tertiary/aromatic N) is 1. The van der Waals surface area contributed by atoms with E-state index in [-0.39, 0.29) is 11.9 Å². The zero-order valence-electron chi connectivity index (χ0n) is 13.4. The first kappa shape index (κ1) is 15.3. The van der Waals surface area contributed by atoms with Crippen molar-refractivity contribution in [3.05, 3.63) is 29.8 Å². The highest BCUT2D eigenvalue weighted by Crippen LogP contribution is 2.26. The molecule has 1 aliphatic heterocycles. The molecule has 4 heteroatoms. The van der Waals surface area contributed by atoms with Crippen molar-refractivity contribution in [2.75, 3.05) is 31.7 Å². The molecule has 1 saturated heterocycles. The molecule has 1 saturated carbocycles. The van der Waals surface area contributed by atoms with Crippen molar-refractivity contribution < 1.29 is 9.53 Å². The molecule has 1 heterocycles. The molecule has 3 rings (SSSR count). The van der Waals surface area contributed by atoms with E-state index in [0.29, 0.717) is 5.92 Å². The van der Waals surface area contributed by atoms with Crippen molar-refractivity contribution in [1.29, 1.82) is 0 Å². The zero-order chi connectivity index (χ0) is 15.4. The number of hydrogen-bond acceptors (Lipinski definition) is 3. The normalized spacial score (nSPS) is 24.7. The third-order valence-corrected chi connectivity index (χ3v) is 4.96.